The highest BCUT2D eigenvalue weighted by Crippen LogP contribution is 2.32. The second-order valence-corrected chi connectivity index (χ2v) is 10.4. The van der Waals surface area contributed by atoms with Crippen LogP contribution in [0.3, 0.4) is 0 Å². The second-order valence-electron chi connectivity index (χ2n) is 10.4. The molecule has 1 N–H and O–H groups in total. The molecule has 0 spiro atoms. The van der Waals surface area contributed by atoms with Crippen LogP contribution in [0.2, 0.25) is 0 Å². The van der Waals surface area contributed by atoms with Crippen LogP contribution in [0.4, 0.5) is 24.8 Å². The molecule has 5 rings (SSSR count). The van der Waals surface area contributed by atoms with Crippen LogP contribution in [0, 0.1) is 19.8 Å². The Balaban J connectivity index is 0.000000505. The van der Waals surface area contributed by atoms with E-state index in [0.29, 0.717) is 18.5 Å². The predicted molar refractivity (Wildman–Crippen MR) is 146 cm³/mol. The Labute approximate surface area is 222 Å². The smallest absolute Gasteiger partial charge is 0.241 e. The Hall–Kier alpha value is -3.01. The van der Waals surface area contributed by atoms with Crippen molar-refractivity contribution in [2.75, 3.05) is 38.8 Å². The Morgan fingerprint density at radius 1 is 1.13 bits per heavy atom. The highest BCUT2D eigenvalue weighted by atomic mass is 19.1. The highest BCUT2D eigenvalue weighted by molar-refractivity contribution is 5.83. The molecule has 2 fully saturated rings. The van der Waals surface area contributed by atoms with Gasteiger partial charge >= 0.3 is 0 Å². The van der Waals surface area contributed by atoms with Crippen LogP contribution in [0.1, 0.15) is 43.9 Å². The normalized spacial score (nSPS) is 20.5. The number of nitrogens with zero attached hydrogens (tertiary/aromatic N) is 6. The Kier molecular flexibility index (Phi) is 9.35. The molecule has 2 unspecified atom stereocenters. The number of piperidine rings is 1. The van der Waals surface area contributed by atoms with Crippen LogP contribution in [-0.4, -0.2) is 71.2 Å². The first-order chi connectivity index (χ1) is 18.3. The number of fused-ring (bicyclic) bond motifs is 1. The predicted octanol–water partition coefficient (Wildman–Crippen LogP) is 6.66. The fraction of sp³-hybridized carbons (Fsp3) is 0.571. The number of hydrogen-bond donors (Lipinski definition) is 1. The maximum atomic E-state index is 14.9. The lowest BCUT2D eigenvalue weighted by atomic mass is 9.89. The molecule has 2 aliphatic rings. The van der Waals surface area contributed by atoms with E-state index < -0.39 is 25.4 Å². The topological polar surface area (TPSA) is 70.2 Å². The van der Waals surface area contributed by atoms with Crippen LogP contribution in [0.15, 0.2) is 40.7 Å². The van der Waals surface area contributed by atoms with Gasteiger partial charge in [0.2, 0.25) is 5.95 Å². The highest BCUT2D eigenvalue weighted by Gasteiger charge is 2.35. The number of hydrogen-bond acceptors (Lipinski definition) is 6. The van der Waals surface area contributed by atoms with Gasteiger partial charge in [-0.2, -0.15) is 10.2 Å². The number of aryl methyl sites for hydroxylation is 2. The minimum Gasteiger partial charge on any atom is -0.347 e. The minimum absolute atomic E-state index is 0.249. The number of alkyl halides is 3. The van der Waals surface area contributed by atoms with Crippen LogP contribution in [0.5, 0.6) is 0 Å². The molecule has 1 aliphatic heterocycles. The third-order valence-corrected chi connectivity index (χ3v) is 7.41. The summed E-state index contributed by atoms with van der Waals surface area (Å²) in [5, 5.41) is 15.9. The van der Waals surface area contributed by atoms with Gasteiger partial charge in [-0.1, -0.05) is 19.4 Å². The van der Waals surface area contributed by atoms with Crippen LogP contribution in [0.25, 0.3) is 16.6 Å². The van der Waals surface area contributed by atoms with Gasteiger partial charge in [-0.25, -0.2) is 13.9 Å². The molecule has 2 aromatic heterocycles. The van der Waals surface area contributed by atoms with Crippen molar-refractivity contribution in [1.82, 2.24) is 19.5 Å². The zero-order valence-corrected chi connectivity index (χ0v) is 22.7. The average Bonchev–Trinajstić information content (AvgIpc) is 3.30. The van der Waals surface area contributed by atoms with Crippen molar-refractivity contribution >= 4 is 17.2 Å². The summed E-state index contributed by atoms with van der Waals surface area (Å²) in [5.74, 6) is 0.0850. The Morgan fingerprint density at radius 2 is 1.89 bits per heavy atom. The summed E-state index contributed by atoms with van der Waals surface area (Å²) in [6.07, 6.45) is 5.50. The Morgan fingerprint density at radius 3 is 2.47 bits per heavy atom. The molecule has 0 radical (unpaired) electrons. The molecule has 38 heavy (non-hydrogen) atoms. The lowest BCUT2D eigenvalue weighted by molar-refractivity contribution is 0.0552. The van der Waals surface area contributed by atoms with E-state index in [9.17, 15) is 13.2 Å². The number of aromatic nitrogens is 3. The zero-order chi connectivity index (χ0) is 27.2. The number of anilines is 1. The van der Waals surface area contributed by atoms with Gasteiger partial charge in [0.15, 0.2) is 0 Å². The fourth-order valence-corrected chi connectivity index (χ4v) is 4.92. The third-order valence-electron chi connectivity index (χ3n) is 7.41. The molecule has 1 saturated heterocycles. The van der Waals surface area contributed by atoms with E-state index in [0.717, 1.165) is 46.6 Å². The van der Waals surface area contributed by atoms with Crippen molar-refractivity contribution < 1.29 is 13.2 Å². The first kappa shape index (κ1) is 28.0. The molecule has 0 amide bonds. The third kappa shape index (κ3) is 6.34. The molecule has 0 bridgehead atoms. The van der Waals surface area contributed by atoms with E-state index in [-0.39, 0.29) is 6.04 Å². The van der Waals surface area contributed by atoms with E-state index in [2.05, 4.69) is 36.6 Å². The first-order valence-corrected chi connectivity index (χ1v) is 13.4. The molecular formula is C28H38F3N7. The molecule has 1 saturated carbocycles. The summed E-state index contributed by atoms with van der Waals surface area (Å²) < 4.78 is 39.0. The average molecular weight is 530 g/mol. The molecule has 1 aliphatic carbocycles. The minimum atomic E-state index is -0.911. The van der Waals surface area contributed by atoms with Crippen molar-refractivity contribution in [3.8, 4) is 11.1 Å². The lowest BCUT2D eigenvalue weighted by Gasteiger charge is -2.43. The summed E-state index contributed by atoms with van der Waals surface area (Å²) in [5.41, 5.74) is 5.89. The summed E-state index contributed by atoms with van der Waals surface area (Å²) in [4.78, 5) is 7.00. The van der Waals surface area contributed by atoms with Gasteiger partial charge in [-0.15, -0.1) is 5.10 Å². The van der Waals surface area contributed by atoms with E-state index in [1.54, 1.807) is 7.05 Å². The number of azo groups is 1. The molecule has 10 heteroatoms. The van der Waals surface area contributed by atoms with Gasteiger partial charge in [0.05, 0.1) is 36.3 Å². The number of nitrogens with one attached hydrogen (secondary N) is 1. The van der Waals surface area contributed by atoms with Crippen LogP contribution >= 0.6 is 0 Å². The summed E-state index contributed by atoms with van der Waals surface area (Å²) in [6.45, 7) is 5.88. The van der Waals surface area contributed by atoms with Crippen molar-refractivity contribution in [3.63, 3.8) is 0 Å². The van der Waals surface area contributed by atoms with Crippen molar-refractivity contribution in [2.45, 2.75) is 64.7 Å². The first-order valence-electron chi connectivity index (χ1n) is 13.4. The molecular weight excluding hydrogens is 491 g/mol. The van der Waals surface area contributed by atoms with E-state index in [4.69, 9.17) is 0 Å². The van der Waals surface area contributed by atoms with Crippen molar-refractivity contribution in [2.24, 2.45) is 16.1 Å². The molecule has 3 aromatic rings. The van der Waals surface area contributed by atoms with Crippen molar-refractivity contribution in [1.29, 1.82) is 0 Å². The second kappa shape index (κ2) is 12.7. The van der Waals surface area contributed by atoms with Crippen LogP contribution in [-0.2, 0) is 0 Å². The lowest BCUT2D eigenvalue weighted by Crippen LogP contribution is -2.53. The largest absolute Gasteiger partial charge is 0.347 e. The van der Waals surface area contributed by atoms with Gasteiger partial charge in [-0.05, 0) is 62.4 Å². The van der Waals surface area contributed by atoms with E-state index in [1.807, 2.05) is 42.8 Å². The van der Waals surface area contributed by atoms with E-state index in [1.165, 1.54) is 26.2 Å². The fourth-order valence-electron chi connectivity index (χ4n) is 4.92. The molecule has 7 nitrogen and oxygen atoms in total. The number of halogens is 3. The van der Waals surface area contributed by atoms with Crippen molar-refractivity contribution in [3.05, 3.63) is 41.7 Å². The van der Waals surface area contributed by atoms with Gasteiger partial charge in [0.1, 0.15) is 6.17 Å². The standard InChI is InChI=1S/C24H30FN7.C4H8F2/c1-15-13-17(7-8-21(15)29-26-3)19-9-12-32-23(19)16(2)27-24(30-32)28-22-10-11-31(14-20(22)25)18-5-4-6-18;1-4(2-5)3-6/h7-9,12-13,18,20,22H,4-6,10-11,14H2,1-3H3,(H,28,30);4H,2-3H2,1H3. The molecule has 3 heterocycles. The Bertz CT molecular complexity index is 1240. The molecule has 206 valence electrons. The number of rotatable bonds is 7. The van der Waals surface area contributed by atoms with Crippen LogP contribution < -0.4 is 5.32 Å². The molecule has 1 aromatic carbocycles. The molecule has 2 atom stereocenters. The maximum Gasteiger partial charge on any atom is 0.241 e. The summed E-state index contributed by atoms with van der Waals surface area (Å²) in [6, 6.07) is 8.51. The van der Waals surface area contributed by atoms with E-state index >= 15 is 0 Å². The monoisotopic (exact) mass is 529 g/mol. The SMILES string of the molecule is CC(CF)CF.CN=Nc1ccc(-c2ccn3nc(NC4CCN(C5CCC5)CC4F)nc(C)c23)cc1C. The maximum absolute atomic E-state index is 14.9. The number of benzene rings is 1. The van der Waals surface area contributed by atoms with Gasteiger partial charge in [0, 0.05) is 43.9 Å². The van der Waals surface area contributed by atoms with Gasteiger partial charge in [-0.3, -0.25) is 13.7 Å². The summed E-state index contributed by atoms with van der Waals surface area (Å²) >= 11 is 0. The quantitative estimate of drug-likeness (QED) is 0.347. The van der Waals surface area contributed by atoms with Gasteiger partial charge < -0.3 is 5.32 Å². The zero-order valence-electron chi connectivity index (χ0n) is 22.7. The number of likely N-dealkylation sites (tertiary alicyclic amines) is 1. The van der Waals surface area contributed by atoms with Gasteiger partial charge in [0.25, 0.3) is 0 Å². The summed E-state index contributed by atoms with van der Waals surface area (Å²) in [7, 11) is 1.67.